The molecule has 0 aliphatic heterocycles. The van der Waals surface area contributed by atoms with E-state index in [2.05, 4.69) is 36.2 Å². The number of rotatable bonds is 6. The number of carbonyl (C=O) groups excluding carboxylic acids is 2. The summed E-state index contributed by atoms with van der Waals surface area (Å²) in [4.78, 5) is 24.1. The zero-order valence-electron chi connectivity index (χ0n) is 16.0. The number of nitrogens with one attached hydrogen (secondary N) is 1. The summed E-state index contributed by atoms with van der Waals surface area (Å²) in [6, 6.07) is 14.3. The van der Waals surface area contributed by atoms with Crippen LogP contribution in [-0.4, -0.2) is 29.4 Å². The Kier molecular flexibility index (Phi) is 7.34. The molecule has 4 nitrogen and oxygen atoms in total. The zero-order valence-corrected chi connectivity index (χ0v) is 16.0. The maximum absolute atomic E-state index is 12.3. The molecule has 0 radical (unpaired) electrons. The van der Waals surface area contributed by atoms with Gasteiger partial charge in [-0.05, 0) is 54.3 Å². The average Bonchev–Trinajstić information content (AvgIpc) is 2.70. The number of aryl methyl sites for hydroxylation is 1. The molecule has 0 saturated heterocycles. The predicted octanol–water partition coefficient (Wildman–Crippen LogP) is 2.96. The van der Waals surface area contributed by atoms with Crippen LogP contribution in [0.3, 0.4) is 0 Å². The molecule has 0 saturated carbocycles. The first kappa shape index (κ1) is 20.4. The lowest BCUT2D eigenvalue weighted by molar-refractivity contribution is -0.124. The summed E-state index contributed by atoms with van der Waals surface area (Å²) in [7, 11) is 0. The van der Waals surface area contributed by atoms with Gasteiger partial charge in [0.15, 0.2) is 5.78 Å². The van der Waals surface area contributed by atoms with Crippen molar-refractivity contribution in [3.8, 4) is 11.8 Å². The number of ketones is 1. The van der Waals surface area contributed by atoms with E-state index in [1.165, 1.54) is 5.56 Å². The molecule has 1 atom stereocenters. The minimum absolute atomic E-state index is 0.0992. The lowest BCUT2D eigenvalue weighted by Crippen LogP contribution is -2.45. The number of aliphatic hydroxyl groups excluding tert-OH is 1. The van der Waals surface area contributed by atoms with Crippen LogP contribution in [0.1, 0.15) is 47.8 Å². The van der Waals surface area contributed by atoms with Crippen LogP contribution >= 0.6 is 0 Å². The SMILES string of the molecule is CCc1ccc(C#Cc2ccc(C(=O)N[C@H](C(=O)CO)C(C)C)cc2)cc1. The van der Waals surface area contributed by atoms with E-state index in [4.69, 9.17) is 5.11 Å². The van der Waals surface area contributed by atoms with Gasteiger partial charge < -0.3 is 10.4 Å². The molecule has 0 fully saturated rings. The van der Waals surface area contributed by atoms with Crippen LogP contribution in [0.15, 0.2) is 48.5 Å². The summed E-state index contributed by atoms with van der Waals surface area (Å²) in [5, 5.41) is 11.7. The minimum Gasteiger partial charge on any atom is -0.389 e. The number of carbonyl (C=O) groups is 2. The molecule has 0 aliphatic carbocycles. The van der Waals surface area contributed by atoms with Crippen molar-refractivity contribution >= 4 is 11.7 Å². The first-order valence-corrected chi connectivity index (χ1v) is 9.10. The van der Waals surface area contributed by atoms with E-state index >= 15 is 0 Å². The van der Waals surface area contributed by atoms with Crippen LogP contribution in [0, 0.1) is 17.8 Å². The van der Waals surface area contributed by atoms with Crippen LogP contribution < -0.4 is 5.32 Å². The Balaban J connectivity index is 2.07. The van der Waals surface area contributed by atoms with Crippen LogP contribution in [0.5, 0.6) is 0 Å². The van der Waals surface area contributed by atoms with Gasteiger partial charge in [-0.2, -0.15) is 0 Å². The molecule has 27 heavy (non-hydrogen) atoms. The van der Waals surface area contributed by atoms with E-state index < -0.39 is 18.4 Å². The Morgan fingerprint density at radius 2 is 1.48 bits per heavy atom. The normalized spacial score (nSPS) is 11.4. The van der Waals surface area contributed by atoms with Crippen molar-refractivity contribution in [1.82, 2.24) is 5.32 Å². The third-order valence-electron chi connectivity index (χ3n) is 4.32. The molecule has 2 rings (SSSR count). The highest BCUT2D eigenvalue weighted by Crippen LogP contribution is 2.08. The lowest BCUT2D eigenvalue weighted by atomic mass is 9.99. The number of aliphatic hydroxyl groups is 1. The summed E-state index contributed by atoms with van der Waals surface area (Å²) in [5.41, 5.74) is 3.47. The highest BCUT2D eigenvalue weighted by molar-refractivity contribution is 5.98. The van der Waals surface area contributed by atoms with Crippen molar-refractivity contribution in [3.63, 3.8) is 0 Å². The van der Waals surface area contributed by atoms with Gasteiger partial charge in [-0.1, -0.05) is 44.7 Å². The third kappa shape index (κ3) is 5.80. The van der Waals surface area contributed by atoms with Crippen molar-refractivity contribution in [1.29, 1.82) is 0 Å². The predicted molar refractivity (Wildman–Crippen MR) is 106 cm³/mol. The largest absolute Gasteiger partial charge is 0.389 e. The van der Waals surface area contributed by atoms with Crippen LogP contribution in [0.2, 0.25) is 0 Å². The number of Topliss-reactive ketones (excluding diaryl/α,β-unsaturated/α-hetero) is 1. The maximum atomic E-state index is 12.3. The monoisotopic (exact) mass is 363 g/mol. The summed E-state index contributed by atoms with van der Waals surface area (Å²) < 4.78 is 0. The highest BCUT2D eigenvalue weighted by Gasteiger charge is 2.23. The van der Waals surface area contributed by atoms with Gasteiger partial charge in [0, 0.05) is 16.7 Å². The van der Waals surface area contributed by atoms with Gasteiger partial charge in [-0.15, -0.1) is 0 Å². The van der Waals surface area contributed by atoms with E-state index in [-0.39, 0.29) is 11.8 Å². The molecule has 4 heteroatoms. The maximum Gasteiger partial charge on any atom is 0.251 e. The van der Waals surface area contributed by atoms with Gasteiger partial charge in [0.2, 0.25) is 0 Å². The van der Waals surface area contributed by atoms with Crippen molar-refractivity contribution in [2.24, 2.45) is 5.92 Å². The molecule has 0 spiro atoms. The molecular weight excluding hydrogens is 338 g/mol. The zero-order chi connectivity index (χ0) is 19.8. The van der Waals surface area contributed by atoms with Crippen molar-refractivity contribution in [2.45, 2.75) is 33.2 Å². The van der Waals surface area contributed by atoms with Gasteiger partial charge in [0.25, 0.3) is 5.91 Å². The van der Waals surface area contributed by atoms with Crippen LogP contribution in [0.4, 0.5) is 0 Å². The van der Waals surface area contributed by atoms with E-state index in [0.29, 0.717) is 5.56 Å². The fourth-order valence-electron chi connectivity index (χ4n) is 2.61. The lowest BCUT2D eigenvalue weighted by Gasteiger charge is -2.20. The Morgan fingerprint density at radius 1 is 0.963 bits per heavy atom. The molecule has 0 heterocycles. The van der Waals surface area contributed by atoms with Gasteiger partial charge in [0.1, 0.15) is 6.61 Å². The number of benzene rings is 2. The molecule has 0 bridgehead atoms. The number of hydrogen-bond acceptors (Lipinski definition) is 3. The van der Waals surface area contributed by atoms with Crippen molar-refractivity contribution in [3.05, 3.63) is 70.8 Å². The Labute approximate surface area is 160 Å². The van der Waals surface area contributed by atoms with Crippen LogP contribution in [0.25, 0.3) is 0 Å². The molecule has 2 aromatic rings. The quantitative estimate of drug-likeness (QED) is 0.776. The Morgan fingerprint density at radius 3 is 1.93 bits per heavy atom. The molecule has 140 valence electrons. The highest BCUT2D eigenvalue weighted by atomic mass is 16.3. The minimum atomic E-state index is -0.701. The van der Waals surface area contributed by atoms with Gasteiger partial charge >= 0.3 is 0 Å². The topological polar surface area (TPSA) is 66.4 Å². The summed E-state index contributed by atoms with van der Waals surface area (Å²) in [6.07, 6.45) is 0.999. The van der Waals surface area contributed by atoms with Crippen molar-refractivity contribution < 1.29 is 14.7 Å². The summed E-state index contributed by atoms with van der Waals surface area (Å²) in [5.74, 6) is 5.35. The molecule has 1 amide bonds. The second-order valence-electron chi connectivity index (χ2n) is 6.70. The molecule has 0 aromatic heterocycles. The second kappa shape index (κ2) is 9.70. The van der Waals surface area contributed by atoms with E-state index in [1.54, 1.807) is 24.3 Å². The first-order chi connectivity index (χ1) is 12.9. The van der Waals surface area contributed by atoms with Gasteiger partial charge in [-0.25, -0.2) is 0 Å². The first-order valence-electron chi connectivity index (χ1n) is 9.10. The van der Waals surface area contributed by atoms with Gasteiger partial charge in [-0.3, -0.25) is 9.59 Å². The summed E-state index contributed by atoms with van der Waals surface area (Å²) >= 11 is 0. The fourth-order valence-corrected chi connectivity index (χ4v) is 2.61. The smallest absolute Gasteiger partial charge is 0.251 e. The van der Waals surface area contributed by atoms with E-state index in [0.717, 1.165) is 17.5 Å². The number of hydrogen-bond donors (Lipinski definition) is 2. The van der Waals surface area contributed by atoms with E-state index in [9.17, 15) is 9.59 Å². The molecule has 0 aliphatic rings. The molecular formula is C23H25NO3. The Hall–Kier alpha value is -2.90. The Bertz CT molecular complexity index is 840. The number of amides is 1. The summed E-state index contributed by atoms with van der Waals surface area (Å²) in [6.45, 7) is 5.17. The van der Waals surface area contributed by atoms with Gasteiger partial charge in [0.05, 0.1) is 6.04 Å². The molecule has 2 aromatic carbocycles. The van der Waals surface area contributed by atoms with E-state index in [1.807, 2.05) is 26.0 Å². The fraction of sp³-hybridized carbons (Fsp3) is 0.304. The molecule has 2 N–H and O–H groups in total. The standard InChI is InChI=1S/C23H25NO3/c1-4-17-5-7-18(8-6-17)9-10-19-11-13-20(14-12-19)23(27)24-22(16(2)3)21(26)15-25/h5-8,11-14,16,22,25H,4,15H2,1-3H3,(H,24,27)/t22-/m0/s1. The third-order valence-corrected chi connectivity index (χ3v) is 4.32. The van der Waals surface area contributed by atoms with Crippen LogP contribution in [-0.2, 0) is 11.2 Å². The average molecular weight is 363 g/mol. The second-order valence-corrected chi connectivity index (χ2v) is 6.70. The van der Waals surface area contributed by atoms with Crippen molar-refractivity contribution in [2.75, 3.05) is 6.61 Å². The molecule has 0 unspecified atom stereocenters.